The highest BCUT2D eigenvalue weighted by Crippen LogP contribution is 2.30. The van der Waals surface area contributed by atoms with Crippen molar-refractivity contribution in [2.24, 2.45) is 5.73 Å². The molecule has 7 heteroatoms. The van der Waals surface area contributed by atoms with Gasteiger partial charge in [-0.25, -0.2) is 4.98 Å². The van der Waals surface area contributed by atoms with Crippen LogP contribution in [0.4, 0.5) is 0 Å². The molecule has 0 radical (unpaired) electrons. The molecule has 0 aliphatic rings. The van der Waals surface area contributed by atoms with Gasteiger partial charge in [0.25, 0.3) is 5.91 Å². The zero-order valence-corrected chi connectivity index (χ0v) is 13.5. The van der Waals surface area contributed by atoms with Gasteiger partial charge in [0.1, 0.15) is 5.01 Å². The summed E-state index contributed by atoms with van der Waals surface area (Å²) in [5.41, 5.74) is 7.89. The van der Waals surface area contributed by atoms with Crippen molar-refractivity contribution in [1.82, 2.24) is 10.3 Å². The minimum atomic E-state index is -0.468. The molecular formula is C17H15N3O3S. The maximum atomic E-state index is 11.9. The largest absolute Gasteiger partial charge is 0.395 e. The first-order valence-corrected chi connectivity index (χ1v) is 8.10. The van der Waals surface area contributed by atoms with E-state index in [1.54, 1.807) is 42.5 Å². The van der Waals surface area contributed by atoms with Crippen LogP contribution in [0.25, 0.3) is 20.8 Å². The highest BCUT2D eigenvalue weighted by molar-refractivity contribution is 7.21. The van der Waals surface area contributed by atoms with Crippen LogP contribution in [-0.4, -0.2) is 35.1 Å². The first kappa shape index (κ1) is 16.1. The number of aromatic nitrogens is 1. The lowest BCUT2D eigenvalue weighted by atomic mass is 10.1. The fraction of sp³-hybridized carbons (Fsp3) is 0.118. The number of benzene rings is 2. The van der Waals surface area contributed by atoms with Crippen molar-refractivity contribution in [2.45, 2.75) is 0 Å². The van der Waals surface area contributed by atoms with Gasteiger partial charge in [-0.15, -0.1) is 11.3 Å². The van der Waals surface area contributed by atoms with Crippen LogP contribution >= 0.6 is 11.3 Å². The molecule has 1 aromatic heterocycles. The van der Waals surface area contributed by atoms with Gasteiger partial charge in [-0.1, -0.05) is 12.1 Å². The maximum Gasteiger partial charge on any atom is 0.251 e. The summed E-state index contributed by atoms with van der Waals surface area (Å²) in [5, 5.41) is 12.2. The number of fused-ring (bicyclic) bond motifs is 1. The molecule has 3 aromatic rings. The van der Waals surface area contributed by atoms with Crippen LogP contribution in [-0.2, 0) is 0 Å². The molecular weight excluding hydrogens is 326 g/mol. The van der Waals surface area contributed by atoms with Crippen molar-refractivity contribution < 1.29 is 14.7 Å². The van der Waals surface area contributed by atoms with Crippen molar-refractivity contribution >= 4 is 33.4 Å². The van der Waals surface area contributed by atoms with E-state index in [0.717, 1.165) is 20.8 Å². The van der Waals surface area contributed by atoms with Crippen LogP contribution in [0.5, 0.6) is 0 Å². The Morgan fingerprint density at radius 2 is 1.83 bits per heavy atom. The third kappa shape index (κ3) is 3.27. The first-order valence-electron chi connectivity index (χ1n) is 7.28. The number of nitrogens with zero attached hydrogens (tertiary/aromatic N) is 1. The van der Waals surface area contributed by atoms with Gasteiger partial charge >= 0.3 is 0 Å². The maximum absolute atomic E-state index is 11.9. The SMILES string of the molecule is NC(=O)c1ccc(-c2nc3ccc(C(=O)NCCO)cc3s2)cc1. The third-order valence-electron chi connectivity index (χ3n) is 3.46. The Balaban J connectivity index is 1.90. The van der Waals surface area contributed by atoms with E-state index < -0.39 is 5.91 Å². The lowest BCUT2D eigenvalue weighted by molar-refractivity contribution is 0.0944. The fourth-order valence-electron chi connectivity index (χ4n) is 2.24. The molecule has 0 saturated carbocycles. The standard InChI is InChI=1S/C17H15N3O3S/c18-15(22)10-1-3-11(4-2-10)17-20-13-6-5-12(9-14(13)24-17)16(23)19-7-8-21/h1-6,9,21H,7-8H2,(H2,18,22)(H,19,23). The molecule has 0 aliphatic heterocycles. The Hall–Kier alpha value is -2.77. The number of hydrogen-bond acceptors (Lipinski definition) is 5. The second kappa shape index (κ2) is 6.77. The molecule has 0 unspecified atom stereocenters. The van der Waals surface area contributed by atoms with Crippen LogP contribution in [0.2, 0.25) is 0 Å². The second-order valence-electron chi connectivity index (χ2n) is 5.12. The summed E-state index contributed by atoms with van der Waals surface area (Å²) in [6.07, 6.45) is 0. The van der Waals surface area contributed by atoms with Gasteiger partial charge in [-0.2, -0.15) is 0 Å². The number of aliphatic hydroxyl groups is 1. The molecule has 0 bridgehead atoms. The lowest BCUT2D eigenvalue weighted by Gasteiger charge is -2.02. The summed E-state index contributed by atoms with van der Waals surface area (Å²) in [6.45, 7) is 0.122. The number of hydrogen-bond donors (Lipinski definition) is 3. The van der Waals surface area contributed by atoms with E-state index in [9.17, 15) is 9.59 Å². The Morgan fingerprint density at radius 1 is 1.12 bits per heavy atom. The summed E-state index contributed by atoms with van der Waals surface area (Å²) in [7, 11) is 0. The monoisotopic (exact) mass is 341 g/mol. The van der Waals surface area contributed by atoms with Gasteiger partial charge in [0.15, 0.2) is 0 Å². The highest BCUT2D eigenvalue weighted by Gasteiger charge is 2.11. The van der Waals surface area contributed by atoms with Crippen LogP contribution < -0.4 is 11.1 Å². The number of carbonyl (C=O) groups excluding carboxylic acids is 2. The van der Waals surface area contributed by atoms with Gasteiger partial charge in [-0.3, -0.25) is 9.59 Å². The predicted octanol–water partition coefficient (Wildman–Crippen LogP) is 1.78. The fourth-order valence-corrected chi connectivity index (χ4v) is 3.25. The van der Waals surface area contributed by atoms with E-state index in [-0.39, 0.29) is 19.1 Å². The summed E-state index contributed by atoms with van der Waals surface area (Å²) < 4.78 is 0.889. The molecule has 24 heavy (non-hydrogen) atoms. The minimum Gasteiger partial charge on any atom is -0.395 e. The zero-order valence-electron chi connectivity index (χ0n) is 12.7. The third-order valence-corrected chi connectivity index (χ3v) is 4.53. The molecule has 0 spiro atoms. The molecule has 6 nitrogen and oxygen atoms in total. The molecule has 0 aliphatic carbocycles. The number of amides is 2. The van der Waals surface area contributed by atoms with Gasteiger partial charge in [-0.05, 0) is 30.3 Å². The first-order chi connectivity index (χ1) is 11.6. The number of carbonyl (C=O) groups is 2. The number of nitrogens with two attached hydrogens (primary N) is 1. The van der Waals surface area contributed by atoms with E-state index in [4.69, 9.17) is 10.8 Å². The van der Waals surface area contributed by atoms with E-state index in [2.05, 4.69) is 10.3 Å². The van der Waals surface area contributed by atoms with E-state index in [0.29, 0.717) is 11.1 Å². The number of nitrogens with one attached hydrogen (secondary N) is 1. The second-order valence-corrected chi connectivity index (χ2v) is 6.15. The Labute approximate surface area is 141 Å². The number of rotatable bonds is 5. The molecule has 3 rings (SSSR count). The minimum absolute atomic E-state index is 0.0972. The molecule has 4 N–H and O–H groups in total. The number of aliphatic hydroxyl groups excluding tert-OH is 1. The van der Waals surface area contributed by atoms with Crippen molar-refractivity contribution in [2.75, 3.05) is 13.2 Å². The Bertz CT molecular complexity index is 903. The van der Waals surface area contributed by atoms with Crippen molar-refractivity contribution in [3.8, 4) is 10.6 Å². The normalized spacial score (nSPS) is 10.7. The summed E-state index contributed by atoms with van der Waals surface area (Å²) in [5.74, 6) is -0.698. The predicted molar refractivity (Wildman–Crippen MR) is 93.0 cm³/mol. The molecule has 0 atom stereocenters. The van der Waals surface area contributed by atoms with Gasteiger partial charge < -0.3 is 16.2 Å². The summed E-state index contributed by atoms with van der Waals surface area (Å²) >= 11 is 1.46. The van der Waals surface area contributed by atoms with Crippen LogP contribution in [0.3, 0.4) is 0 Å². The van der Waals surface area contributed by atoms with Gasteiger partial charge in [0.05, 0.1) is 16.8 Å². The van der Waals surface area contributed by atoms with Crippen LogP contribution in [0, 0.1) is 0 Å². The molecule has 122 valence electrons. The topological polar surface area (TPSA) is 105 Å². The molecule has 0 fully saturated rings. The average molecular weight is 341 g/mol. The van der Waals surface area contributed by atoms with E-state index in [1.165, 1.54) is 11.3 Å². The number of thiazole rings is 1. The van der Waals surface area contributed by atoms with Crippen molar-refractivity contribution in [1.29, 1.82) is 0 Å². The van der Waals surface area contributed by atoms with Crippen LogP contribution in [0.15, 0.2) is 42.5 Å². The summed E-state index contributed by atoms with van der Waals surface area (Å²) in [4.78, 5) is 27.6. The zero-order chi connectivity index (χ0) is 17.1. The highest BCUT2D eigenvalue weighted by atomic mass is 32.1. The lowest BCUT2D eigenvalue weighted by Crippen LogP contribution is -2.26. The average Bonchev–Trinajstić information content (AvgIpc) is 3.02. The molecule has 2 amide bonds. The molecule has 2 aromatic carbocycles. The van der Waals surface area contributed by atoms with Crippen LogP contribution in [0.1, 0.15) is 20.7 Å². The molecule has 0 saturated heterocycles. The van der Waals surface area contributed by atoms with Crippen molar-refractivity contribution in [3.63, 3.8) is 0 Å². The molecule has 1 heterocycles. The van der Waals surface area contributed by atoms with E-state index in [1.807, 2.05) is 0 Å². The smallest absolute Gasteiger partial charge is 0.251 e. The van der Waals surface area contributed by atoms with E-state index >= 15 is 0 Å². The quantitative estimate of drug-likeness (QED) is 0.658. The number of primary amides is 1. The van der Waals surface area contributed by atoms with Crippen molar-refractivity contribution in [3.05, 3.63) is 53.6 Å². The Morgan fingerprint density at radius 3 is 2.50 bits per heavy atom. The van der Waals surface area contributed by atoms with Gasteiger partial charge in [0, 0.05) is 23.2 Å². The van der Waals surface area contributed by atoms with Gasteiger partial charge in [0.2, 0.25) is 5.91 Å². The summed E-state index contributed by atoms with van der Waals surface area (Å²) in [6, 6.07) is 12.2. The Kier molecular flexibility index (Phi) is 4.54.